The molecule has 3 rings (SSSR count). The minimum absolute atomic E-state index is 0.126. The standard InChI is InChI=1S/C18H14F2O7S/c19-18(20,28(23,24)25)17(22)27-10-16(21)26-9-15-13-7-3-1-5-11(13)12-6-2-4-8-14(12)15/h1-8,15H,9-10H2,(H,23,24,25). The highest BCUT2D eigenvalue weighted by Gasteiger charge is 2.54. The molecule has 0 radical (unpaired) electrons. The molecular formula is C18H14F2O7S. The zero-order chi connectivity index (χ0) is 20.5. The lowest BCUT2D eigenvalue weighted by atomic mass is 9.98. The van der Waals surface area contributed by atoms with Crippen LogP contribution in [0.25, 0.3) is 11.1 Å². The molecule has 0 bridgehead atoms. The Hall–Kier alpha value is -2.85. The third kappa shape index (κ3) is 3.60. The van der Waals surface area contributed by atoms with E-state index in [0.29, 0.717) is 0 Å². The lowest BCUT2D eigenvalue weighted by Gasteiger charge is -2.15. The molecule has 0 saturated carbocycles. The van der Waals surface area contributed by atoms with Crippen molar-refractivity contribution in [3.63, 3.8) is 0 Å². The summed E-state index contributed by atoms with van der Waals surface area (Å²) >= 11 is 0. The van der Waals surface area contributed by atoms with E-state index in [-0.39, 0.29) is 12.5 Å². The Bertz CT molecular complexity index is 988. The predicted octanol–water partition coefficient (Wildman–Crippen LogP) is 2.37. The molecule has 2 aromatic rings. The normalized spacial score (nSPS) is 13.5. The molecule has 0 saturated heterocycles. The van der Waals surface area contributed by atoms with E-state index in [4.69, 9.17) is 9.29 Å². The molecule has 28 heavy (non-hydrogen) atoms. The molecule has 0 atom stereocenters. The number of fused-ring (bicyclic) bond motifs is 3. The average molecular weight is 412 g/mol. The molecule has 1 N–H and O–H groups in total. The van der Waals surface area contributed by atoms with Crippen LogP contribution in [0.1, 0.15) is 17.0 Å². The topological polar surface area (TPSA) is 107 Å². The molecule has 0 unspecified atom stereocenters. The molecule has 0 fully saturated rings. The molecular weight excluding hydrogens is 398 g/mol. The lowest BCUT2D eigenvalue weighted by molar-refractivity contribution is -0.169. The van der Waals surface area contributed by atoms with Crippen LogP contribution in [-0.4, -0.2) is 43.4 Å². The average Bonchev–Trinajstić information content (AvgIpc) is 2.97. The summed E-state index contributed by atoms with van der Waals surface area (Å²) in [4.78, 5) is 22.8. The number of benzene rings is 2. The molecule has 0 aromatic heterocycles. The fraction of sp³-hybridized carbons (Fsp3) is 0.222. The summed E-state index contributed by atoms with van der Waals surface area (Å²) in [5, 5.41) is -5.17. The highest BCUT2D eigenvalue weighted by atomic mass is 32.2. The van der Waals surface area contributed by atoms with Crippen LogP contribution >= 0.6 is 0 Å². The van der Waals surface area contributed by atoms with Crippen molar-refractivity contribution in [1.29, 1.82) is 0 Å². The smallest absolute Gasteiger partial charge is 0.462 e. The fourth-order valence-electron chi connectivity index (χ4n) is 2.97. The van der Waals surface area contributed by atoms with E-state index in [2.05, 4.69) is 4.74 Å². The van der Waals surface area contributed by atoms with Crippen LogP contribution in [0.3, 0.4) is 0 Å². The highest BCUT2D eigenvalue weighted by Crippen LogP contribution is 2.44. The Kier molecular flexibility index (Phi) is 5.18. The van der Waals surface area contributed by atoms with Gasteiger partial charge in [0.2, 0.25) is 0 Å². The first-order valence-electron chi connectivity index (χ1n) is 7.99. The van der Waals surface area contributed by atoms with Gasteiger partial charge >= 0.3 is 27.3 Å². The number of carbonyl (C=O) groups excluding carboxylic acids is 2. The van der Waals surface area contributed by atoms with Crippen molar-refractivity contribution in [2.75, 3.05) is 13.2 Å². The molecule has 7 nitrogen and oxygen atoms in total. The van der Waals surface area contributed by atoms with Crippen molar-refractivity contribution in [1.82, 2.24) is 0 Å². The first-order valence-corrected chi connectivity index (χ1v) is 9.43. The third-order valence-corrected chi connectivity index (χ3v) is 5.07. The summed E-state index contributed by atoms with van der Waals surface area (Å²) in [6, 6.07) is 15.0. The SMILES string of the molecule is O=C(COC(=O)C(F)(F)S(=O)(=O)O)OCC1c2ccccc2-c2ccccc21. The minimum atomic E-state index is -6.00. The molecule has 1 aliphatic carbocycles. The van der Waals surface area contributed by atoms with Crippen LogP contribution in [0.15, 0.2) is 48.5 Å². The fourth-order valence-corrected chi connectivity index (χ4v) is 3.24. The number of alkyl halides is 2. The van der Waals surface area contributed by atoms with E-state index in [9.17, 15) is 26.8 Å². The molecule has 0 amide bonds. The lowest BCUT2D eigenvalue weighted by Crippen LogP contribution is -2.39. The number of hydrogen-bond acceptors (Lipinski definition) is 6. The zero-order valence-corrected chi connectivity index (χ0v) is 15.0. The second-order valence-electron chi connectivity index (χ2n) is 5.98. The zero-order valence-electron chi connectivity index (χ0n) is 14.2. The van der Waals surface area contributed by atoms with Crippen LogP contribution in [-0.2, 0) is 29.2 Å². The second-order valence-corrected chi connectivity index (χ2v) is 7.44. The van der Waals surface area contributed by atoms with Gasteiger partial charge in [-0.15, -0.1) is 0 Å². The van der Waals surface area contributed by atoms with Crippen LogP contribution in [0.4, 0.5) is 8.78 Å². The maximum Gasteiger partial charge on any atom is 0.465 e. The van der Waals surface area contributed by atoms with Gasteiger partial charge in [-0.3, -0.25) is 4.55 Å². The van der Waals surface area contributed by atoms with Crippen LogP contribution in [0.2, 0.25) is 0 Å². The van der Waals surface area contributed by atoms with Crippen molar-refractivity contribution in [3.8, 4) is 11.1 Å². The number of halogens is 2. The van der Waals surface area contributed by atoms with Crippen molar-refractivity contribution in [2.24, 2.45) is 0 Å². The molecule has 10 heteroatoms. The Morgan fingerprint density at radius 2 is 1.46 bits per heavy atom. The molecule has 0 heterocycles. The number of carbonyl (C=O) groups is 2. The molecule has 1 aliphatic rings. The number of rotatable bonds is 6. The van der Waals surface area contributed by atoms with E-state index < -0.39 is 33.9 Å². The van der Waals surface area contributed by atoms with Gasteiger partial charge in [-0.05, 0) is 22.3 Å². The Morgan fingerprint density at radius 1 is 0.964 bits per heavy atom. The van der Waals surface area contributed by atoms with Crippen molar-refractivity contribution in [3.05, 3.63) is 59.7 Å². The Labute approximate surface area is 158 Å². The Balaban J connectivity index is 1.64. The quantitative estimate of drug-likeness (QED) is 0.573. The van der Waals surface area contributed by atoms with E-state index in [0.717, 1.165) is 22.3 Å². The van der Waals surface area contributed by atoms with Crippen LogP contribution in [0.5, 0.6) is 0 Å². The molecule has 2 aromatic carbocycles. The summed E-state index contributed by atoms with van der Waals surface area (Å²) < 4.78 is 64.3. The summed E-state index contributed by atoms with van der Waals surface area (Å²) in [5.74, 6) is -3.99. The molecule has 148 valence electrons. The minimum Gasteiger partial charge on any atom is -0.462 e. The van der Waals surface area contributed by atoms with Gasteiger partial charge in [0, 0.05) is 5.92 Å². The number of hydrogen-bond donors (Lipinski definition) is 1. The van der Waals surface area contributed by atoms with E-state index >= 15 is 0 Å². The van der Waals surface area contributed by atoms with E-state index in [1.807, 2.05) is 48.5 Å². The van der Waals surface area contributed by atoms with E-state index in [1.165, 1.54) is 0 Å². The van der Waals surface area contributed by atoms with Crippen LogP contribution in [0, 0.1) is 0 Å². The van der Waals surface area contributed by atoms with Gasteiger partial charge < -0.3 is 9.47 Å². The maximum atomic E-state index is 13.1. The van der Waals surface area contributed by atoms with Crippen molar-refractivity contribution < 1.29 is 40.8 Å². The Morgan fingerprint density at radius 3 is 1.96 bits per heavy atom. The maximum absolute atomic E-state index is 13.1. The van der Waals surface area contributed by atoms with Gasteiger partial charge in [0.25, 0.3) is 0 Å². The van der Waals surface area contributed by atoms with Crippen LogP contribution < -0.4 is 0 Å². The highest BCUT2D eigenvalue weighted by molar-refractivity contribution is 7.87. The largest absolute Gasteiger partial charge is 0.465 e. The second kappa shape index (κ2) is 7.28. The van der Waals surface area contributed by atoms with Gasteiger partial charge in [-0.25, -0.2) is 9.59 Å². The summed E-state index contributed by atoms with van der Waals surface area (Å²) in [6.07, 6.45) is 0. The third-order valence-electron chi connectivity index (χ3n) is 4.26. The number of ether oxygens (including phenoxy) is 2. The van der Waals surface area contributed by atoms with E-state index in [1.54, 1.807) is 0 Å². The molecule has 0 spiro atoms. The van der Waals surface area contributed by atoms with Gasteiger partial charge in [0.1, 0.15) is 6.61 Å². The van der Waals surface area contributed by atoms with Gasteiger partial charge in [-0.1, -0.05) is 48.5 Å². The van der Waals surface area contributed by atoms with Crippen molar-refractivity contribution >= 4 is 22.1 Å². The summed E-state index contributed by atoms with van der Waals surface area (Å²) in [6.45, 7) is -1.35. The van der Waals surface area contributed by atoms with Gasteiger partial charge in [0.05, 0.1) is 0 Å². The van der Waals surface area contributed by atoms with Gasteiger partial charge in [-0.2, -0.15) is 17.2 Å². The first kappa shape index (κ1) is 19.9. The summed E-state index contributed by atoms with van der Waals surface area (Å²) in [7, 11) is -6.00. The predicted molar refractivity (Wildman–Crippen MR) is 92.1 cm³/mol. The first-order chi connectivity index (χ1) is 13.1. The number of esters is 2. The van der Waals surface area contributed by atoms with Gasteiger partial charge in [0.15, 0.2) is 6.61 Å². The van der Waals surface area contributed by atoms with Crippen molar-refractivity contribution in [2.45, 2.75) is 11.2 Å². The summed E-state index contributed by atoms with van der Waals surface area (Å²) in [5.41, 5.74) is 3.81. The monoisotopic (exact) mass is 412 g/mol. The molecule has 0 aliphatic heterocycles.